The zero-order chi connectivity index (χ0) is 25.3. The second kappa shape index (κ2) is 10.7. The van der Waals surface area contributed by atoms with E-state index in [0.29, 0.717) is 0 Å². The lowest BCUT2D eigenvalue weighted by molar-refractivity contribution is -0.335. The van der Waals surface area contributed by atoms with E-state index >= 15 is 0 Å². The summed E-state index contributed by atoms with van der Waals surface area (Å²) in [6, 6.07) is -2.03. The van der Waals surface area contributed by atoms with Gasteiger partial charge in [0.25, 0.3) is 0 Å². The summed E-state index contributed by atoms with van der Waals surface area (Å²) < 4.78 is 88.6. The highest BCUT2D eigenvalue weighted by Crippen LogP contribution is 2.31. The number of hydrogen-bond donors (Lipinski definition) is 8. The molecule has 0 spiro atoms. The van der Waals surface area contributed by atoms with E-state index in [1.165, 1.54) is 4.72 Å². The van der Waals surface area contributed by atoms with Crippen LogP contribution in [0.1, 0.15) is 0 Å². The lowest BCUT2D eigenvalue weighted by Crippen LogP contribution is -2.68. The molecule has 8 N–H and O–H groups in total. The van der Waals surface area contributed by atoms with Crippen LogP contribution in [-0.4, -0.2) is 133 Å². The summed E-state index contributed by atoms with van der Waals surface area (Å²) in [6.07, 6.45) is -18.2. The summed E-state index contributed by atoms with van der Waals surface area (Å²) in [5.41, 5.74) is 0. The van der Waals surface area contributed by atoms with Crippen LogP contribution in [0.3, 0.4) is 0 Å². The standard InChI is InChI=1S/C13H23NO17S2/c1-27-13-9(31-33(24,25)26)7(18)8(10(30-13)11(19)20)29-12-4(14-32(21,22)23)6(17)5(16)3(2-15)28-12/h3-10,12-18H,2H2,1H3,(H,19,20)(H,21,22,23)(H,24,25,26)/t3-,4-,5-,6-,7-,8-,9+,10+,12-,13+/m1/s1. The Kier molecular flexibility index (Phi) is 9.08. The molecule has 0 radical (unpaired) electrons. The fourth-order valence-electron chi connectivity index (χ4n) is 3.26. The first-order valence-corrected chi connectivity index (χ1v) is 11.7. The van der Waals surface area contributed by atoms with E-state index in [9.17, 15) is 47.2 Å². The molecule has 0 bridgehead atoms. The van der Waals surface area contributed by atoms with Crippen molar-refractivity contribution in [2.75, 3.05) is 13.7 Å². The molecular formula is C13H23NO17S2. The van der Waals surface area contributed by atoms with Gasteiger partial charge in [-0.15, -0.1) is 0 Å². The fraction of sp³-hybridized carbons (Fsp3) is 0.923. The van der Waals surface area contributed by atoms with Gasteiger partial charge < -0.3 is 44.5 Å². The van der Waals surface area contributed by atoms with E-state index in [0.717, 1.165) is 7.11 Å². The minimum atomic E-state index is -5.24. The summed E-state index contributed by atoms with van der Waals surface area (Å²) in [7, 11) is -9.39. The van der Waals surface area contributed by atoms with Crippen LogP contribution in [0.25, 0.3) is 0 Å². The maximum absolute atomic E-state index is 11.7. The molecule has 20 heteroatoms. The minimum Gasteiger partial charge on any atom is -0.479 e. The Balaban J connectivity index is 2.42. The average Bonchev–Trinajstić information content (AvgIpc) is 2.68. The molecule has 2 rings (SSSR count). The van der Waals surface area contributed by atoms with Crippen LogP contribution in [0.5, 0.6) is 0 Å². The van der Waals surface area contributed by atoms with E-state index in [1.807, 2.05) is 0 Å². The Morgan fingerprint density at radius 3 is 2.03 bits per heavy atom. The molecule has 18 nitrogen and oxygen atoms in total. The number of aliphatic carboxylic acids is 1. The van der Waals surface area contributed by atoms with Crippen molar-refractivity contribution >= 4 is 26.7 Å². The van der Waals surface area contributed by atoms with Crippen LogP contribution in [0.15, 0.2) is 0 Å². The van der Waals surface area contributed by atoms with Gasteiger partial charge in [-0.2, -0.15) is 21.6 Å². The van der Waals surface area contributed by atoms with E-state index < -0.39 is 94.6 Å². The lowest BCUT2D eigenvalue weighted by atomic mass is 9.96. The predicted octanol–water partition coefficient (Wildman–Crippen LogP) is -5.42. The first-order valence-electron chi connectivity index (χ1n) is 8.87. The highest BCUT2D eigenvalue weighted by Gasteiger charge is 2.55. The van der Waals surface area contributed by atoms with Crippen LogP contribution in [0, 0.1) is 0 Å². The van der Waals surface area contributed by atoms with Gasteiger partial charge in [0.05, 0.1) is 6.61 Å². The number of nitrogens with one attached hydrogen (secondary N) is 1. The van der Waals surface area contributed by atoms with E-state index in [2.05, 4.69) is 4.18 Å². The van der Waals surface area contributed by atoms with E-state index in [4.69, 9.17) is 28.1 Å². The van der Waals surface area contributed by atoms with E-state index in [1.54, 1.807) is 0 Å². The zero-order valence-electron chi connectivity index (χ0n) is 16.5. The molecule has 0 aromatic rings. The SMILES string of the molecule is CO[C@H]1O[C@H](C(=O)O)[C@H](O[C@H]2O[C@H](CO)[C@@H](O)[C@H](O)[C@H]2NS(=O)(=O)O)[C@@H](O)[C@@H]1OS(=O)(=O)O. The molecule has 2 fully saturated rings. The van der Waals surface area contributed by atoms with Crippen molar-refractivity contribution in [3.63, 3.8) is 0 Å². The Bertz CT molecular complexity index is 895. The molecule has 0 aromatic carbocycles. The van der Waals surface area contributed by atoms with Crippen LogP contribution in [0.4, 0.5) is 0 Å². The third kappa shape index (κ3) is 6.95. The molecule has 0 saturated carbocycles. The quantitative estimate of drug-likeness (QED) is 0.129. The third-order valence-corrected chi connectivity index (χ3v) is 5.72. The molecule has 0 amide bonds. The number of methoxy groups -OCH3 is 1. The molecule has 2 saturated heterocycles. The van der Waals surface area contributed by atoms with Gasteiger partial charge >= 0.3 is 26.7 Å². The number of carboxylic acid groups (broad SMARTS) is 1. The van der Waals surface area contributed by atoms with Crippen molar-refractivity contribution in [3.05, 3.63) is 0 Å². The van der Waals surface area contributed by atoms with Crippen LogP contribution < -0.4 is 4.72 Å². The Morgan fingerprint density at radius 1 is 0.970 bits per heavy atom. The van der Waals surface area contributed by atoms with Crippen molar-refractivity contribution in [2.24, 2.45) is 0 Å². The van der Waals surface area contributed by atoms with Crippen molar-refractivity contribution in [2.45, 2.75) is 61.3 Å². The summed E-state index contributed by atoms with van der Waals surface area (Å²) in [6.45, 7) is -0.941. The fourth-order valence-corrected chi connectivity index (χ4v) is 4.34. The topological polar surface area (TPSA) is 285 Å². The van der Waals surface area contributed by atoms with Crippen LogP contribution in [0.2, 0.25) is 0 Å². The smallest absolute Gasteiger partial charge is 0.397 e. The Morgan fingerprint density at radius 2 is 1.58 bits per heavy atom. The van der Waals surface area contributed by atoms with E-state index in [-0.39, 0.29) is 0 Å². The number of ether oxygens (including phenoxy) is 4. The van der Waals surface area contributed by atoms with Gasteiger partial charge in [-0.25, -0.2) is 8.98 Å². The number of aliphatic hydroxyl groups excluding tert-OH is 4. The first-order chi connectivity index (χ1) is 15.1. The van der Waals surface area contributed by atoms with Crippen LogP contribution >= 0.6 is 0 Å². The molecule has 0 aromatic heterocycles. The Labute approximate surface area is 186 Å². The monoisotopic (exact) mass is 529 g/mol. The average molecular weight is 529 g/mol. The van der Waals surface area contributed by atoms with Gasteiger partial charge in [0.2, 0.25) is 0 Å². The number of hydrogen-bond acceptors (Lipinski definition) is 14. The maximum Gasteiger partial charge on any atom is 0.397 e. The van der Waals surface area contributed by atoms with Gasteiger partial charge in [0.1, 0.15) is 36.6 Å². The van der Waals surface area contributed by atoms with Gasteiger partial charge in [-0.3, -0.25) is 9.11 Å². The summed E-state index contributed by atoms with van der Waals surface area (Å²) >= 11 is 0. The third-order valence-electron chi connectivity index (χ3n) is 4.69. The predicted molar refractivity (Wildman–Crippen MR) is 96.8 cm³/mol. The lowest BCUT2D eigenvalue weighted by Gasteiger charge is -2.46. The van der Waals surface area contributed by atoms with Crippen LogP contribution in [-0.2, 0) is 48.6 Å². The number of aliphatic hydroxyl groups is 4. The zero-order valence-corrected chi connectivity index (χ0v) is 18.1. The largest absolute Gasteiger partial charge is 0.479 e. The molecule has 2 heterocycles. The van der Waals surface area contributed by atoms with Crippen molar-refractivity contribution in [3.8, 4) is 0 Å². The Hall–Kier alpha value is -1.11. The molecule has 33 heavy (non-hydrogen) atoms. The number of carbonyl (C=O) groups is 1. The summed E-state index contributed by atoms with van der Waals surface area (Å²) in [5, 5.41) is 49.4. The summed E-state index contributed by atoms with van der Waals surface area (Å²) in [4.78, 5) is 11.7. The van der Waals surface area contributed by atoms with Gasteiger partial charge in [0.15, 0.2) is 24.8 Å². The first kappa shape index (κ1) is 28.1. The molecule has 0 unspecified atom stereocenters. The minimum absolute atomic E-state index is 0.928. The van der Waals surface area contributed by atoms with Gasteiger partial charge in [-0.1, -0.05) is 0 Å². The van der Waals surface area contributed by atoms with Gasteiger partial charge in [0, 0.05) is 7.11 Å². The van der Waals surface area contributed by atoms with Crippen molar-refractivity contribution < 1.29 is 79.4 Å². The molecule has 0 aliphatic carbocycles. The molecule has 2 aliphatic rings. The molecule has 2 aliphatic heterocycles. The highest BCUT2D eigenvalue weighted by atomic mass is 32.3. The second-order valence-corrected chi connectivity index (χ2v) is 9.14. The molecule has 194 valence electrons. The number of carboxylic acids is 1. The summed E-state index contributed by atoms with van der Waals surface area (Å²) in [5.74, 6) is -1.79. The normalized spacial score (nSPS) is 40.5. The number of rotatable bonds is 9. The highest BCUT2D eigenvalue weighted by molar-refractivity contribution is 7.83. The molecular weight excluding hydrogens is 506 g/mol. The molecule has 10 atom stereocenters. The van der Waals surface area contributed by atoms with Crippen molar-refractivity contribution in [1.29, 1.82) is 0 Å². The maximum atomic E-state index is 11.7. The van der Waals surface area contributed by atoms with Gasteiger partial charge in [-0.05, 0) is 0 Å². The van der Waals surface area contributed by atoms with Crippen molar-refractivity contribution in [1.82, 2.24) is 4.72 Å². The second-order valence-electron chi connectivity index (χ2n) is 6.90.